The van der Waals surface area contributed by atoms with Crippen molar-refractivity contribution in [2.75, 3.05) is 0 Å². The molecule has 17 heavy (non-hydrogen) atoms. The van der Waals surface area contributed by atoms with Crippen molar-refractivity contribution in [1.29, 1.82) is 0 Å². The van der Waals surface area contributed by atoms with Gasteiger partial charge in [-0.05, 0) is 18.1 Å². The van der Waals surface area contributed by atoms with Crippen molar-refractivity contribution in [3.8, 4) is 0 Å². The Bertz CT molecular complexity index is 479. The summed E-state index contributed by atoms with van der Waals surface area (Å²) in [7, 11) is 0. The van der Waals surface area contributed by atoms with Crippen LogP contribution in [-0.4, -0.2) is 16.8 Å². The molecule has 1 atom stereocenters. The first-order valence-corrected chi connectivity index (χ1v) is 5.69. The van der Waals surface area contributed by atoms with E-state index in [0.29, 0.717) is 12.0 Å². The third-order valence-corrected chi connectivity index (χ3v) is 3.00. The predicted molar refractivity (Wildman–Crippen MR) is 58.9 cm³/mol. The minimum absolute atomic E-state index is 0.202. The third-order valence-electron chi connectivity index (χ3n) is 2.69. The second kappa shape index (κ2) is 4.79. The smallest absolute Gasteiger partial charge is 0.234 e. The summed E-state index contributed by atoms with van der Waals surface area (Å²) in [6.45, 7) is 0. The average molecular weight is 257 g/mol. The molecule has 1 unspecified atom stereocenters. The van der Waals surface area contributed by atoms with E-state index in [1.807, 2.05) is 0 Å². The normalized spacial score (nSPS) is 20.2. The Balaban J connectivity index is 2.33. The van der Waals surface area contributed by atoms with Crippen LogP contribution in [0.25, 0.3) is 0 Å². The molecule has 1 N–H and O–H groups in total. The number of nitrogens with one attached hydrogen (secondary N) is 1. The lowest BCUT2D eigenvalue weighted by Crippen LogP contribution is -2.39. The quantitative estimate of drug-likeness (QED) is 0.495. The minimum atomic E-state index is -0.687. The number of piperidine rings is 1. The van der Waals surface area contributed by atoms with E-state index in [0.717, 1.165) is 0 Å². The number of nitrogens with zero attached hydrogens (tertiary/aromatic N) is 1. The van der Waals surface area contributed by atoms with Gasteiger partial charge < -0.3 is 0 Å². The zero-order valence-corrected chi connectivity index (χ0v) is 9.63. The van der Waals surface area contributed by atoms with Crippen LogP contribution in [0.3, 0.4) is 0 Å². The highest BCUT2D eigenvalue weighted by molar-refractivity contribution is 6.17. The van der Waals surface area contributed by atoms with Gasteiger partial charge in [-0.1, -0.05) is 0 Å². The molecule has 6 heteroatoms. The Morgan fingerprint density at radius 2 is 2.29 bits per heavy atom. The summed E-state index contributed by atoms with van der Waals surface area (Å²) in [5.41, 5.74) is 0.848. The molecule has 2 rings (SSSR count). The van der Waals surface area contributed by atoms with Crippen LogP contribution >= 0.6 is 11.6 Å². The molecule has 4 nitrogen and oxygen atoms in total. The fourth-order valence-corrected chi connectivity index (χ4v) is 1.96. The largest absolute Gasteiger partial charge is 0.296 e. The molecule has 90 valence electrons. The summed E-state index contributed by atoms with van der Waals surface area (Å²) in [6, 6.07) is 1.52. The van der Waals surface area contributed by atoms with Crippen LogP contribution in [0.15, 0.2) is 12.3 Å². The van der Waals surface area contributed by atoms with Crippen molar-refractivity contribution in [2.45, 2.75) is 24.6 Å². The van der Waals surface area contributed by atoms with E-state index < -0.39 is 17.8 Å². The van der Waals surface area contributed by atoms with E-state index in [2.05, 4.69) is 10.3 Å². The van der Waals surface area contributed by atoms with Gasteiger partial charge in [-0.3, -0.25) is 14.9 Å². The zero-order valence-electron chi connectivity index (χ0n) is 8.87. The maximum Gasteiger partial charge on any atom is 0.234 e. The number of imide groups is 1. The Labute approximate surface area is 102 Å². The number of amides is 2. The van der Waals surface area contributed by atoms with Crippen molar-refractivity contribution in [3.05, 3.63) is 29.3 Å². The van der Waals surface area contributed by atoms with E-state index in [-0.39, 0.29) is 23.8 Å². The van der Waals surface area contributed by atoms with E-state index in [1.165, 1.54) is 12.3 Å². The molecule has 0 aliphatic carbocycles. The molecule has 1 aromatic rings. The van der Waals surface area contributed by atoms with Crippen LogP contribution in [0.5, 0.6) is 0 Å². The van der Waals surface area contributed by atoms with Gasteiger partial charge in [-0.2, -0.15) is 4.39 Å². The lowest BCUT2D eigenvalue weighted by atomic mass is 9.91. The molecule has 2 heterocycles. The van der Waals surface area contributed by atoms with Gasteiger partial charge in [-0.15, -0.1) is 11.6 Å². The highest BCUT2D eigenvalue weighted by Gasteiger charge is 2.30. The standard InChI is InChI=1S/C11H10ClFN2O2/c12-4-6-3-8(10(13)14-5-6)7-1-2-9(16)15-11(7)17/h3,5,7H,1-2,4H2,(H,15,16,17). The first-order chi connectivity index (χ1) is 8.11. The number of rotatable bonds is 2. The molecule has 0 aromatic carbocycles. The van der Waals surface area contributed by atoms with Crippen molar-refractivity contribution in [3.63, 3.8) is 0 Å². The Morgan fingerprint density at radius 3 is 2.94 bits per heavy atom. The minimum Gasteiger partial charge on any atom is -0.296 e. The van der Waals surface area contributed by atoms with E-state index in [4.69, 9.17) is 11.6 Å². The highest BCUT2D eigenvalue weighted by Crippen LogP contribution is 2.27. The molecule has 1 aromatic heterocycles. The number of pyridine rings is 1. The van der Waals surface area contributed by atoms with E-state index >= 15 is 0 Å². The van der Waals surface area contributed by atoms with Crippen LogP contribution < -0.4 is 5.32 Å². The number of carbonyl (C=O) groups is 2. The van der Waals surface area contributed by atoms with Gasteiger partial charge in [0.15, 0.2) is 0 Å². The first kappa shape index (κ1) is 12.0. The van der Waals surface area contributed by atoms with Gasteiger partial charge in [0.05, 0.1) is 5.92 Å². The van der Waals surface area contributed by atoms with Crippen LogP contribution in [-0.2, 0) is 15.5 Å². The van der Waals surface area contributed by atoms with Crippen molar-refractivity contribution >= 4 is 23.4 Å². The van der Waals surface area contributed by atoms with Crippen molar-refractivity contribution in [1.82, 2.24) is 10.3 Å². The molecule has 2 amide bonds. The van der Waals surface area contributed by atoms with Crippen LogP contribution in [0.1, 0.15) is 29.9 Å². The number of carbonyl (C=O) groups excluding carboxylic acids is 2. The Kier molecular flexibility index (Phi) is 3.38. The third kappa shape index (κ3) is 2.44. The summed E-state index contributed by atoms with van der Waals surface area (Å²) in [5, 5.41) is 2.19. The number of aromatic nitrogens is 1. The van der Waals surface area contributed by atoms with Gasteiger partial charge in [0.1, 0.15) is 0 Å². The predicted octanol–water partition coefficient (Wildman–Crippen LogP) is 1.48. The molecule has 0 radical (unpaired) electrons. The van der Waals surface area contributed by atoms with Gasteiger partial charge in [0.2, 0.25) is 17.8 Å². The molecular formula is C11H10ClFN2O2. The average Bonchev–Trinajstić information content (AvgIpc) is 2.30. The molecule has 0 spiro atoms. The summed E-state index contributed by atoms with van der Waals surface area (Å²) in [5.74, 6) is -1.95. The first-order valence-electron chi connectivity index (χ1n) is 5.16. The molecule has 0 bridgehead atoms. The zero-order chi connectivity index (χ0) is 12.4. The molecular weight excluding hydrogens is 247 g/mol. The van der Waals surface area contributed by atoms with Crippen LogP contribution in [0.4, 0.5) is 4.39 Å². The van der Waals surface area contributed by atoms with Crippen LogP contribution in [0.2, 0.25) is 0 Å². The molecule has 1 aliphatic heterocycles. The Morgan fingerprint density at radius 1 is 1.53 bits per heavy atom. The number of halogens is 2. The molecule has 1 aliphatic rings. The fourth-order valence-electron chi connectivity index (χ4n) is 1.82. The monoisotopic (exact) mass is 256 g/mol. The van der Waals surface area contributed by atoms with E-state index in [9.17, 15) is 14.0 Å². The summed E-state index contributed by atoms with van der Waals surface area (Å²) in [4.78, 5) is 26.2. The molecule has 1 saturated heterocycles. The maximum absolute atomic E-state index is 13.5. The SMILES string of the molecule is O=C1CCC(c2cc(CCl)cnc2F)C(=O)N1. The Hall–Kier alpha value is -1.49. The lowest BCUT2D eigenvalue weighted by Gasteiger charge is -2.21. The van der Waals surface area contributed by atoms with Crippen molar-refractivity contribution < 1.29 is 14.0 Å². The number of hydrogen-bond donors (Lipinski definition) is 1. The topological polar surface area (TPSA) is 59.1 Å². The summed E-state index contributed by atoms with van der Waals surface area (Å²) < 4.78 is 13.5. The molecule has 0 saturated carbocycles. The van der Waals surface area contributed by atoms with E-state index in [1.54, 1.807) is 0 Å². The summed E-state index contributed by atoms with van der Waals surface area (Å²) >= 11 is 5.63. The number of alkyl halides is 1. The van der Waals surface area contributed by atoms with Gasteiger partial charge in [-0.25, -0.2) is 4.98 Å². The van der Waals surface area contributed by atoms with Gasteiger partial charge >= 0.3 is 0 Å². The highest BCUT2D eigenvalue weighted by atomic mass is 35.5. The second-order valence-electron chi connectivity index (χ2n) is 3.86. The lowest BCUT2D eigenvalue weighted by molar-refractivity contribution is -0.134. The molecule has 1 fully saturated rings. The van der Waals surface area contributed by atoms with Crippen LogP contribution in [0, 0.1) is 5.95 Å². The number of hydrogen-bond acceptors (Lipinski definition) is 3. The van der Waals surface area contributed by atoms with Gasteiger partial charge in [0, 0.05) is 24.1 Å². The maximum atomic E-state index is 13.5. The summed E-state index contributed by atoms with van der Waals surface area (Å²) in [6.07, 6.45) is 1.84. The fraction of sp³-hybridized carbons (Fsp3) is 0.364. The van der Waals surface area contributed by atoms with Crippen molar-refractivity contribution in [2.24, 2.45) is 0 Å². The second-order valence-corrected chi connectivity index (χ2v) is 4.13. The van der Waals surface area contributed by atoms with Gasteiger partial charge in [0.25, 0.3) is 0 Å².